The van der Waals surface area contributed by atoms with Gasteiger partial charge in [-0.15, -0.1) is 0 Å². The fraction of sp³-hybridized carbons (Fsp3) is 0.200. The molecule has 0 spiro atoms. The second-order valence-electron chi connectivity index (χ2n) is 7.60. The van der Waals surface area contributed by atoms with Gasteiger partial charge in [0.1, 0.15) is 18.2 Å². The van der Waals surface area contributed by atoms with E-state index in [0.717, 1.165) is 11.1 Å². The summed E-state index contributed by atoms with van der Waals surface area (Å²) in [5.74, 6) is -0.242. The summed E-state index contributed by atoms with van der Waals surface area (Å²) in [4.78, 5) is 27.7. The molecule has 1 saturated heterocycles. The smallest absolute Gasteiger partial charge is 0.325 e. The molecule has 0 radical (unpaired) electrons. The quantitative estimate of drug-likeness (QED) is 0.607. The first-order chi connectivity index (χ1) is 14.9. The van der Waals surface area contributed by atoms with E-state index in [1.54, 1.807) is 0 Å². The Bertz CT molecular complexity index is 1120. The van der Waals surface area contributed by atoms with Gasteiger partial charge in [0, 0.05) is 0 Å². The third-order valence-electron chi connectivity index (χ3n) is 5.65. The number of benzene rings is 3. The topological polar surface area (TPSA) is 58.6 Å². The summed E-state index contributed by atoms with van der Waals surface area (Å²) in [6.07, 6.45) is 0. The predicted molar refractivity (Wildman–Crippen MR) is 115 cm³/mol. The molecule has 1 heterocycles. The molecule has 1 aliphatic rings. The van der Waals surface area contributed by atoms with Crippen molar-refractivity contribution in [3.05, 3.63) is 101 Å². The van der Waals surface area contributed by atoms with Gasteiger partial charge in [-0.3, -0.25) is 9.69 Å². The minimum atomic E-state index is -1.30. The molecular weight excluding hydrogens is 395 g/mol. The molecule has 6 heteroatoms. The van der Waals surface area contributed by atoms with E-state index < -0.39 is 11.6 Å². The number of aryl methyl sites for hydroxylation is 2. The number of amides is 3. The number of ether oxygens (including phenoxy) is 1. The Morgan fingerprint density at radius 3 is 2.29 bits per heavy atom. The molecular formula is C25H23FN2O3. The number of hydrogen-bond donors (Lipinski definition) is 1. The number of nitrogens with one attached hydrogen (secondary N) is 1. The molecule has 0 aromatic heterocycles. The molecule has 3 aromatic rings. The highest BCUT2D eigenvalue weighted by atomic mass is 19.1. The van der Waals surface area contributed by atoms with Crippen molar-refractivity contribution >= 4 is 11.9 Å². The van der Waals surface area contributed by atoms with Crippen LogP contribution in [0.25, 0.3) is 0 Å². The molecule has 1 N–H and O–H groups in total. The van der Waals surface area contributed by atoms with E-state index in [0.29, 0.717) is 16.9 Å². The molecule has 3 amide bonds. The van der Waals surface area contributed by atoms with E-state index in [1.807, 2.05) is 62.4 Å². The summed E-state index contributed by atoms with van der Waals surface area (Å²) in [7, 11) is 0. The first-order valence-corrected chi connectivity index (χ1v) is 10.1. The zero-order valence-corrected chi connectivity index (χ0v) is 17.4. The van der Waals surface area contributed by atoms with E-state index >= 15 is 0 Å². The molecule has 0 aliphatic carbocycles. The SMILES string of the molecule is Cc1ccc([C@]2(c3ccccc3)NC(=O)N(CCOc3ccc(F)cc3)C2=O)cc1C. The van der Waals surface area contributed by atoms with E-state index in [-0.39, 0.29) is 24.9 Å². The van der Waals surface area contributed by atoms with Crippen LogP contribution in [0.1, 0.15) is 22.3 Å². The molecule has 1 fully saturated rings. The van der Waals surface area contributed by atoms with Gasteiger partial charge < -0.3 is 10.1 Å². The van der Waals surface area contributed by atoms with Crippen molar-refractivity contribution in [3.8, 4) is 5.75 Å². The number of carbonyl (C=O) groups is 2. The molecule has 3 aromatic carbocycles. The van der Waals surface area contributed by atoms with Crippen LogP contribution in [0.3, 0.4) is 0 Å². The number of urea groups is 1. The van der Waals surface area contributed by atoms with Crippen molar-refractivity contribution in [1.82, 2.24) is 10.2 Å². The number of carbonyl (C=O) groups excluding carboxylic acids is 2. The molecule has 1 atom stereocenters. The standard InChI is InChI=1S/C25H23FN2O3/c1-17-8-9-20(16-18(17)2)25(19-6-4-3-5-7-19)23(29)28(24(30)27-25)14-15-31-22-12-10-21(26)11-13-22/h3-13,16H,14-15H2,1-2H3,(H,27,30)/t25-/m0/s1. The van der Waals surface area contributed by atoms with Gasteiger partial charge in [-0.2, -0.15) is 0 Å². The van der Waals surface area contributed by atoms with Gasteiger partial charge in [-0.25, -0.2) is 9.18 Å². The first-order valence-electron chi connectivity index (χ1n) is 10.1. The van der Waals surface area contributed by atoms with Crippen LogP contribution in [0.2, 0.25) is 0 Å². The highest BCUT2D eigenvalue weighted by molar-refractivity contribution is 6.09. The highest BCUT2D eigenvalue weighted by Crippen LogP contribution is 2.36. The molecule has 158 valence electrons. The van der Waals surface area contributed by atoms with Crippen LogP contribution in [0.4, 0.5) is 9.18 Å². The van der Waals surface area contributed by atoms with Crippen LogP contribution >= 0.6 is 0 Å². The van der Waals surface area contributed by atoms with Crippen LogP contribution in [0.15, 0.2) is 72.8 Å². The maximum Gasteiger partial charge on any atom is 0.325 e. The largest absolute Gasteiger partial charge is 0.492 e. The summed E-state index contributed by atoms with van der Waals surface area (Å²) in [5, 5.41) is 2.93. The molecule has 0 bridgehead atoms. The molecule has 5 nitrogen and oxygen atoms in total. The Morgan fingerprint density at radius 1 is 0.903 bits per heavy atom. The number of nitrogens with zero attached hydrogens (tertiary/aromatic N) is 1. The van der Waals surface area contributed by atoms with Gasteiger partial charge in [0.15, 0.2) is 5.54 Å². The van der Waals surface area contributed by atoms with Crippen LogP contribution in [0, 0.1) is 19.7 Å². The third-order valence-corrected chi connectivity index (χ3v) is 5.65. The van der Waals surface area contributed by atoms with Gasteiger partial charge >= 0.3 is 6.03 Å². The average Bonchev–Trinajstić information content (AvgIpc) is 3.03. The summed E-state index contributed by atoms with van der Waals surface area (Å²) in [6, 6.07) is 20.1. The lowest BCUT2D eigenvalue weighted by atomic mass is 9.81. The monoisotopic (exact) mass is 418 g/mol. The van der Waals surface area contributed by atoms with Crippen molar-refractivity contribution in [1.29, 1.82) is 0 Å². The Morgan fingerprint density at radius 2 is 1.61 bits per heavy atom. The van der Waals surface area contributed by atoms with Crippen LogP contribution in [-0.2, 0) is 10.3 Å². The fourth-order valence-corrected chi connectivity index (χ4v) is 3.79. The van der Waals surface area contributed by atoms with E-state index in [4.69, 9.17) is 4.74 Å². The van der Waals surface area contributed by atoms with Gasteiger partial charge in [-0.05, 0) is 60.4 Å². The van der Waals surface area contributed by atoms with Gasteiger partial charge in [0.05, 0.1) is 6.54 Å². The molecule has 1 aliphatic heterocycles. The van der Waals surface area contributed by atoms with Crippen molar-refractivity contribution < 1.29 is 18.7 Å². The zero-order valence-electron chi connectivity index (χ0n) is 17.4. The van der Waals surface area contributed by atoms with Crippen LogP contribution in [0.5, 0.6) is 5.75 Å². The molecule has 0 saturated carbocycles. The second kappa shape index (κ2) is 8.22. The van der Waals surface area contributed by atoms with Crippen molar-refractivity contribution in [2.45, 2.75) is 19.4 Å². The van der Waals surface area contributed by atoms with Crippen LogP contribution in [-0.4, -0.2) is 30.0 Å². The van der Waals surface area contributed by atoms with Crippen molar-refractivity contribution in [2.24, 2.45) is 0 Å². The van der Waals surface area contributed by atoms with Gasteiger partial charge in [0.2, 0.25) is 0 Å². The molecule has 0 unspecified atom stereocenters. The lowest BCUT2D eigenvalue weighted by Gasteiger charge is -2.28. The Labute approximate surface area is 180 Å². The lowest BCUT2D eigenvalue weighted by molar-refractivity contribution is -0.130. The summed E-state index contributed by atoms with van der Waals surface area (Å²) in [6.45, 7) is 4.15. The summed E-state index contributed by atoms with van der Waals surface area (Å²) >= 11 is 0. The normalized spacial score (nSPS) is 18.2. The number of imide groups is 1. The van der Waals surface area contributed by atoms with Gasteiger partial charge in [0.25, 0.3) is 5.91 Å². The lowest BCUT2D eigenvalue weighted by Crippen LogP contribution is -2.45. The average molecular weight is 418 g/mol. The van der Waals surface area contributed by atoms with Gasteiger partial charge in [-0.1, -0.05) is 48.5 Å². The third kappa shape index (κ3) is 3.77. The number of hydrogen-bond acceptors (Lipinski definition) is 3. The number of halogens is 1. The van der Waals surface area contributed by atoms with E-state index in [1.165, 1.54) is 29.2 Å². The number of rotatable bonds is 6. The Balaban J connectivity index is 1.63. The predicted octanol–water partition coefficient (Wildman–Crippen LogP) is 4.32. The Kier molecular flexibility index (Phi) is 5.46. The minimum Gasteiger partial charge on any atom is -0.492 e. The van der Waals surface area contributed by atoms with Crippen molar-refractivity contribution in [3.63, 3.8) is 0 Å². The summed E-state index contributed by atoms with van der Waals surface area (Å²) in [5.41, 5.74) is 2.24. The first kappa shape index (κ1) is 20.6. The highest BCUT2D eigenvalue weighted by Gasteiger charge is 2.53. The van der Waals surface area contributed by atoms with E-state index in [9.17, 15) is 14.0 Å². The van der Waals surface area contributed by atoms with Crippen molar-refractivity contribution in [2.75, 3.05) is 13.2 Å². The molecule has 31 heavy (non-hydrogen) atoms. The zero-order chi connectivity index (χ0) is 22.0. The maximum absolute atomic E-state index is 13.7. The second-order valence-corrected chi connectivity index (χ2v) is 7.60. The van der Waals surface area contributed by atoms with Crippen LogP contribution < -0.4 is 10.1 Å². The summed E-state index contributed by atoms with van der Waals surface area (Å²) < 4.78 is 18.7. The fourth-order valence-electron chi connectivity index (χ4n) is 3.79. The molecule has 4 rings (SSSR count). The Hall–Kier alpha value is -3.67. The van der Waals surface area contributed by atoms with E-state index in [2.05, 4.69) is 5.32 Å². The minimum absolute atomic E-state index is 0.0709. The maximum atomic E-state index is 13.7.